The van der Waals surface area contributed by atoms with Crippen molar-refractivity contribution in [2.75, 3.05) is 18.4 Å². The van der Waals surface area contributed by atoms with Crippen LogP contribution in [0.3, 0.4) is 0 Å². The fourth-order valence-electron chi connectivity index (χ4n) is 3.26. The monoisotopic (exact) mass is 426 g/mol. The number of imidazole rings is 1. The van der Waals surface area contributed by atoms with Crippen LogP contribution in [0.5, 0.6) is 0 Å². The van der Waals surface area contributed by atoms with Crippen molar-refractivity contribution in [1.82, 2.24) is 24.8 Å². The van der Waals surface area contributed by atoms with Crippen LogP contribution in [-0.4, -0.2) is 55.7 Å². The van der Waals surface area contributed by atoms with Crippen LogP contribution in [0.4, 0.5) is 23.9 Å². The summed E-state index contributed by atoms with van der Waals surface area (Å²) in [4.78, 5) is 28.4. The van der Waals surface area contributed by atoms with E-state index in [1.807, 2.05) is 27.7 Å². The first-order valence-electron chi connectivity index (χ1n) is 9.62. The average molecular weight is 426 g/mol. The fourth-order valence-corrected chi connectivity index (χ4v) is 3.26. The molecule has 1 fully saturated rings. The predicted molar refractivity (Wildman–Crippen MR) is 104 cm³/mol. The first-order valence-corrected chi connectivity index (χ1v) is 9.62. The summed E-state index contributed by atoms with van der Waals surface area (Å²) in [6.45, 7) is 8.29. The predicted octanol–water partition coefficient (Wildman–Crippen LogP) is 3.94. The number of likely N-dealkylation sites (tertiary alicyclic amines) is 1. The van der Waals surface area contributed by atoms with Gasteiger partial charge in [0.1, 0.15) is 22.6 Å². The Balaban J connectivity index is 1.73. The van der Waals surface area contributed by atoms with Gasteiger partial charge in [-0.15, -0.1) is 0 Å². The Morgan fingerprint density at radius 2 is 2.03 bits per heavy atom. The van der Waals surface area contributed by atoms with Gasteiger partial charge >= 0.3 is 12.3 Å². The minimum atomic E-state index is -4.60. The van der Waals surface area contributed by atoms with Crippen molar-refractivity contribution in [3.63, 3.8) is 0 Å². The summed E-state index contributed by atoms with van der Waals surface area (Å²) in [5, 5.41) is 3.11. The molecule has 1 aliphatic heterocycles. The summed E-state index contributed by atoms with van der Waals surface area (Å²) < 4.78 is 45.4. The van der Waals surface area contributed by atoms with Gasteiger partial charge in [0.2, 0.25) is 5.95 Å². The Morgan fingerprint density at radius 3 is 2.60 bits per heavy atom. The normalized spacial score (nSPS) is 20.2. The maximum Gasteiger partial charge on any atom is 0.420 e. The first kappa shape index (κ1) is 21.8. The van der Waals surface area contributed by atoms with Gasteiger partial charge in [-0.3, -0.25) is 0 Å². The molecule has 0 aliphatic carbocycles. The average Bonchev–Trinajstić information content (AvgIpc) is 3.15. The topological polar surface area (TPSA) is 96.0 Å². The van der Waals surface area contributed by atoms with Crippen LogP contribution in [0.15, 0.2) is 18.7 Å². The highest BCUT2D eigenvalue weighted by molar-refractivity contribution is 5.68. The Labute approximate surface area is 172 Å². The molecule has 0 radical (unpaired) electrons. The molecule has 0 aromatic carbocycles. The van der Waals surface area contributed by atoms with E-state index in [2.05, 4.69) is 25.3 Å². The number of aromatic amines is 1. The summed E-state index contributed by atoms with van der Waals surface area (Å²) in [5.74, 6) is 0.106. The lowest BCUT2D eigenvalue weighted by atomic mass is 9.94. The van der Waals surface area contributed by atoms with Gasteiger partial charge in [0.05, 0.1) is 6.33 Å². The summed E-state index contributed by atoms with van der Waals surface area (Å²) in [6.07, 6.45) is -0.983. The number of H-pyrrole nitrogens is 1. The first-order chi connectivity index (χ1) is 13.9. The van der Waals surface area contributed by atoms with E-state index in [0.717, 1.165) is 6.20 Å². The Hall–Kier alpha value is -2.85. The maximum atomic E-state index is 13.3. The van der Waals surface area contributed by atoms with E-state index >= 15 is 0 Å². The summed E-state index contributed by atoms with van der Waals surface area (Å²) in [7, 11) is 0. The van der Waals surface area contributed by atoms with Crippen molar-refractivity contribution >= 4 is 12.0 Å². The van der Waals surface area contributed by atoms with Gasteiger partial charge in [-0.2, -0.15) is 13.2 Å². The number of ether oxygens (including phenoxy) is 1. The third kappa shape index (κ3) is 5.19. The number of hydrogen-bond acceptors (Lipinski definition) is 6. The van der Waals surface area contributed by atoms with Crippen molar-refractivity contribution in [1.29, 1.82) is 0 Å². The second kappa shape index (κ2) is 8.11. The molecule has 3 heterocycles. The molecule has 1 saturated heterocycles. The van der Waals surface area contributed by atoms with Gasteiger partial charge in [0.15, 0.2) is 0 Å². The molecule has 11 heteroatoms. The number of nitrogens with zero attached hydrogens (tertiary/aromatic N) is 4. The van der Waals surface area contributed by atoms with Crippen LogP contribution in [0, 0.1) is 5.92 Å². The lowest BCUT2D eigenvalue weighted by molar-refractivity contribution is -0.137. The van der Waals surface area contributed by atoms with Crippen LogP contribution >= 0.6 is 0 Å². The fraction of sp³-hybridized carbons (Fsp3) is 0.579. The number of rotatable bonds is 3. The highest BCUT2D eigenvalue weighted by Gasteiger charge is 2.37. The Morgan fingerprint density at radius 1 is 1.30 bits per heavy atom. The molecule has 8 nitrogen and oxygen atoms in total. The quantitative estimate of drug-likeness (QED) is 0.772. The molecule has 0 unspecified atom stereocenters. The Kier molecular flexibility index (Phi) is 5.91. The van der Waals surface area contributed by atoms with Crippen molar-refractivity contribution in [2.45, 2.75) is 51.9 Å². The summed E-state index contributed by atoms with van der Waals surface area (Å²) in [6, 6.07) is -0.104. The number of alkyl halides is 3. The van der Waals surface area contributed by atoms with Gasteiger partial charge in [-0.05, 0) is 33.1 Å². The minimum Gasteiger partial charge on any atom is -0.444 e. The van der Waals surface area contributed by atoms with Crippen LogP contribution in [0.2, 0.25) is 0 Å². The van der Waals surface area contributed by atoms with E-state index in [4.69, 9.17) is 4.74 Å². The van der Waals surface area contributed by atoms with Crippen molar-refractivity contribution in [2.24, 2.45) is 5.92 Å². The zero-order chi connectivity index (χ0) is 22.1. The van der Waals surface area contributed by atoms with Gasteiger partial charge in [-0.1, -0.05) is 6.92 Å². The van der Waals surface area contributed by atoms with Crippen LogP contribution in [0.25, 0.3) is 11.4 Å². The molecular formula is C19H25F3N6O2. The number of hydrogen-bond donors (Lipinski definition) is 2. The van der Waals surface area contributed by atoms with E-state index in [0.29, 0.717) is 19.5 Å². The molecule has 30 heavy (non-hydrogen) atoms. The molecule has 1 amide bonds. The van der Waals surface area contributed by atoms with Crippen LogP contribution in [-0.2, 0) is 10.9 Å². The largest absolute Gasteiger partial charge is 0.444 e. The number of anilines is 1. The molecule has 2 aromatic heterocycles. The highest BCUT2D eigenvalue weighted by atomic mass is 19.4. The smallest absolute Gasteiger partial charge is 0.420 e. The van der Waals surface area contributed by atoms with E-state index in [1.54, 1.807) is 4.90 Å². The zero-order valence-corrected chi connectivity index (χ0v) is 17.2. The molecule has 2 N–H and O–H groups in total. The lowest BCUT2D eigenvalue weighted by Crippen LogP contribution is -2.49. The minimum absolute atomic E-state index is 0.0194. The van der Waals surface area contributed by atoms with E-state index in [1.165, 1.54) is 12.5 Å². The van der Waals surface area contributed by atoms with E-state index in [-0.39, 0.29) is 35.4 Å². The molecular weight excluding hydrogens is 401 g/mol. The number of nitrogens with one attached hydrogen (secondary N) is 2. The second-order valence-electron chi connectivity index (χ2n) is 8.35. The number of piperidine rings is 1. The number of carbonyl (C=O) groups is 1. The maximum absolute atomic E-state index is 13.3. The SMILES string of the molecule is C[C@@H]1CN(C(=O)OC(C)(C)C)CC[C@@H]1Nc1ncc(C(F)(F)F)c(-c2c[nH]cn2)n1. The molecule has 0 spiro atoms. The van der Waals surface area contributed by atoms with E-state index < -0.39 is 17.3 Å². The van der Waals surface area contributed by atoms with Crippen LogP contribution in [0.1, 0.15) is 39.7 Å². The molecule has 0 saturated carbocycles. The zero-order valence-electron chi connectivity index (χ0n) is 17.2. The standard InChI is InChI=1S/C19H25F3N6O2/c1-11-9-28(17(29)30-18(2,3)4)6-5-13(11)26-16-24-7-12(19(20,21)22)15(27-16)14-8-23-10-25-14/h7-8,10-11,13H,5-6,9H2,1-4H3,(H,23,25)(H,24,26,27)/t11-,13+/m1/s1. The third-order valence-corrected chi connectivity index (χ3v) is 4.71. The molecule has 0 bridgehead atoms. The summed E-state index contributed by atoms with van der Waals surface area (Å²) in [5.41, 5.74) is -1.74. The molecule has 3 rings (SSSR count). The number of carbonyl (C=O) groups excluding carboxylic acids is 1. The molecule has 2 aromatic rings. The number of amides is 1. The third-order valence-electron chi connectivity index (χ3n) is 4.71. The number of halogens is 3. The van der Waals surface area contributed by atoms with Crippen molar-refractivity contribution < 1.29 is 22.7 Å². The molecule has 164 valence electrons. The Bertz CT molecular complexity index is 879. The van der Waals surface area contributed by atoms with Gasteiger partial charge in [-0.25, -0.2) is 19.7 Å². The van der Waals surface area contributed by atoms with Gasteiger partial charge in [0.25, 0.3) is 0 Å². The molecule has 1 aliphatic rings. The summed E-state index contributed by atoms with van der Waals surface area (Å²) >= 11 is 0. The second-order valence-corrected chi connectivity index (χ2v) is 8.35. The molecule has 2 atom stereocenters. The van der Waals surface area contributed by atoms with E-state index in [9.17, 15) is 18.0 Å². The van der Waals surface area contributed by atoms with Crippen LogP contribution < -0.4 is 5.32 Å². The van der Waals surface area contributed by atoms with Gasteiger partial charge in [0, 0.05) is 31.5 Å². The van der Waals surface area contributed by atoms with Crippen molar-refractivity contribution in [3.8, 4) is 11.4 Å². The van der Waals surface area contributed by atoms with Gasteiger partial charge < -0.3 is 19.9 Å². The number of aromatic nitrogens is 4. The highest BCUT2D eigenvalue weighted by Crippen LogP contribution is 2.35. The lowest BCUT2D eigenvalue weighted by Gasteiger charge is -2.37. The van der Waals surface area contributed by atoms with Crippen molar-refractivity contribution in [3.05, 3.63) is 24.3 Å².